The molecule has 0 aliphatic rings. The average Bonchev–Trinajstić information content (AvgIpc) is 2.82. The van der Waals surface area contributed by atoms with Crippen molar-refractivity contribution in [2.45, 2.75) is 11.6 Å². The number of halogens is 2. The fraction of sp³-hybridized carbons (Fsp3) is 0.182. The van der Waals surface area contributed by atoms with E-state index >= 15 is 0 Å². The molecule has 3 N–H and O–H groups in total. The summed E-state index contributed by atoms with van der Waals surface area (Å²) in [5.41, 5.74) is 0.842. The molecular weight excluding hydrogens is 398 g/mol. The van der Waals surface area contributed by atoms with Crippen molar-refractivity contribution in [2.75, 3.05) is 11.8 Å². The van der Waals surface area contributed by atoms with Gasteiger partial charge >= 0.3 is 0 Å². The average molecular weight is 410 g/mol. The van der Waals surface area contributed by atoms with Gasteiger partial charge in [-0.15, -0.1) is 0 Å². The Morgan fingerprint density at radius 1 is 1.45 bits per heavy atom. The van der Waals surface area contributed by atoms with Crippen LogP contribution >= 0.6 is 22.6 Å². The van der Waals surface area contributed by atoms with Crippen LogP contribution in [0.2, 0.25) is 0 Å². The first-order valence-electron chi connectivity index (χ1n) is 5.59. The lowest BCUT2D eigenvalue weighted by atomic mass is 10.3. The van der Waals surface area contributed by atoms with Crippen LogP contribution in [-0.2, 0) is 16.6 Å². The zero-order chi connectivity index (χ0) is 14.8. The molecule has 2 aromatic rings. The first kappa shape index (κ1) is 15.2. The maximum atomic E-state index is 13.0. The normalized spacial score (nSPS) is 11.6. The number of aromatic amines is 1. The minimum absolute atomic E-state index is 0.00743. The van der Waals surface area contributed by atoms with Gasteiger partial charge in [0.1, 0.15) is 5.82 Å². The Bertz CT molecular complexity index is 717. The summed E-state index contributed by atoms with van der Waals surface area (Å²) in [7, 11) is -2.09. The first-order chi connectivity index (χ1) is 9.44. The van der Waals surface area contributed by atoms with Crippen LogP contribution in [0.15, 0.2) is 29.4 Å². The van der Waals surface area contributed by atoms with Crippen molar-refractivity contribution in [3.8, 4) is 0 Å². The van der Waals surface area contributed by atoms with Gasteiger partial charge in [-0.2, -0.15) is 13.5 Å². The number of nitrogens with zero attached hydrogens (tertiary/aromatic N) is 1. The SMILES string of the molecule is CNCc1cn[nH]c1S(=O)(=O)Nc1ccc(F)cc1I. The molecule has 0 amide bonds. The Morgan fingerprint density at radius 3 is 2.85 bits per heavy atom. The lowest BCUT2D eigenvalue weighted by Crippen LogP contribution is -2.17. The first-order valence-corrected chi connectivity index (χ1v) is 8.15. The van der Waals surface area contributed by atoms with E-state index in [1.54, 1.807) is 7.05 Å². The number of sulfonamides is 1. The van der Waals surface area contributed by atoms with Gasteiger partial charge in [0.15, 0.2) is 5.03 Å². The van der Waals surface area contributed by atoms with Gasteiger partial charge in [0, 0.05) is 15.7 Å². The Morgan fingerprint density at radius 2 is 2.20 bits per heavy atom. The van der Waals surface area contributed by atoms with Crippen molar-refractivity contribution in [1.29, 1.82) is 0 Å². The number of hydrogen-bond acceptors (Lipinski definition) is 4. The summed E-state index contributed by atoms with van der Waals surface area (Å²) in [6.07, 6.45) is 1.45. The molecule has 108 valence electrons. The highest BCUT2D eigenvalue weighted by Gasteiger charge is 2.21. The van der Waals surface area contributed by atoms with Crippen LogP contribution in [0.1, 0.15) is 5.56 Å². The van der Waals surface area contributed by atoms with Crippen LogP contribution in [0, 0.1) is 9.39 Å². The second-order valence-electron chi connectivity index (χ2n) is 3.98. The molecule has 0 atom stereocenters. The Kier molecular flexibility index (Phi) is 4.60. The third kappa shape index (κ3) is 3.27. The van der Waals surface area contributed by atoms with E-state index in [0.29, 0.717) is 21.4 Å². The highest BCUT2D eigenvalue weighted by molar-refractivity contribution is 14.1. The number of benzene rings is 1. The summed E-state index contributed by atoms with van der Waals surface area (Å²) < 4.78 is 40.5. The van der Waals surface area contributed by atoms with E-state index in [9.17, 15) is 12.8 Å². The maximum absolute atomic E-state index is 13.0. The van der Waals surface area contributed by atoms with Gasteiger partial charge in [0.05, 0.1) is 11.9 Å². The zero-order valence-corrected chi connectivity index (χ0v) is 13.4. The van der Waals surface area contributed by atoms with Crippen LogP contribution < -0.4 is 10.0 Å². The quantitative estimate of drug-likeness (QED) is 0.655. The maximum Gasteiger partial charge on any atom is 0.279 e. The van der Waals surface area contributed by atoms with Gasteiger partial charge in [-0.05, 0) is 47.8 Å². The molecular formula is C11H12FIN4O2S. The van der Waals surface area contributed by atoms with E-state index in [1.807, 2.05) is 22.6 Å². The molecule has 0 aliphatic carbocycles. The molecule has 1 aromatic carbocycles. The molecule has 0 aliphatic heterocycles. The molecule has 9 heteroatoms. The predicted molar refractivity (Wildman–Crippen MR) is 81.3 cm³/mol. The van der Waals surface area contributed by atoms with E-state index in [0.717, 1.165) is 0 Å². The summed E-state index contributed by atoms with van der Waals surface area (Å²) in [5, 5.41) is 9.06. The smallest absolute Gasteiger partial charge is 0.279 e. The van der Waals surface area contributed by atoms with Crippen LogP contribution in [0.25, 0.3) is 0 Å². The van der Waals surface area contributed by atoms with E-state index in [-0.39, 0.29) is 5.03 Å². The van der Waals surface area contributed by atoms with Crippen molar-refractivity contribution in [3.63, 3.8) is 0 Å². The third-order valence-corrected chi connectivity index (χ3v) is 4.76. The summed E-state index contributed by atoms with van der Waals surface area (Å²) in [6, 6.07) is 3.82. The fourth-order valence-corrected chi connectivity index (χ4v) is 3.62. The van der Waals surface area contributed by atoms with E-state index in [2.05, 4.69) is 20.2 Å². The molecule has 1 aromatic heterocycles. The number of rotatable bonds is 5. The highest BCUT2D eigenvalue weighted by atomic mass is 127. The molecule has 0 fully saturated rings. The van der Waals surface area contributed by atoms with Crippen LogP contribution in [0.3, 0.4) is 0 Å². The Hall–Kier alpha value is -1.20. The molecule has 0 spiro atoms. The second kappa shape index (κ2) is 6.06. The minimum atomic E-state index is -3.79. The van der Waals surface area contributed by atoms with Crippen LogP contribution in [-0.4, -0.2) is 25.7 Å². The van der Waals surface area contributed by atoms with Crippen LogP contribution in [0.4, 0.5) is 10.1 Å². The van der Waals surface area contributed by atoms with Crippen LogP contribution in [0.5, 0.6) is 0 Å². The van der Waals surface area contributed by atoms with Crippen molar-refractivity contribution < 1.29 is 12.8 Å². The summed E-state index contributed by atoms with van der Waals surface area (Å²) >= 11 is 1.86. The molecule has 1 heterocycles. The number of anilines is 1. The lowest BCUT2D eigenvalue weighted by Gasteiger charge is -2.09. The molecule has 0 unspecified atom stereocenters. The topological polar surface area (TPSA) is 86.9 Å². The molecule has 6 nitrogen and oxygen atoms in total. The van der Waals surface area contributed by atoms with Gasteiger partial charge < -0.3 is 5.32 Å². The predicted octanol–water partition coefficient (Wildman–Crippen LogP) is 1.67. The molecule has 0 saturated heterocycles. The van der Waals surface area contributed by atoms with Gasteiger partial charge in [0.25, 0.3) is 10.0 Å². The van der Waals surface area contributed by atoms with Gasteiger partial charge in [-0.25, -0.2) is 4.39 Å². The van der Waals surface area contributed by atoms with Crippen molar-refractivity contribution >= 4 is 38.3 Å². The summed E-state index contributed by atoms with van der Waals surface area (Å²) in [4.78, 5) is 0. The van der Waals surface area contributed by atoms with Crippen molar-refractivity contribution in [3.05, 3.63) is 39.3 Å². The van der Waals surface area contributed by atoms with Crippen molar-refractivity contribution in [2.24, 2.45) is 0 Å². The fourth-order valence-electron chi connectivity index (χ4n) is 1.62. The minimum Gasteiger partial charge on any atom is -0.316 e. The van der Waals surface area contributed by atoms with Gasteiger partial charge in [0.2, 0.25) is 0 Å². The molecule has 20 heavy (non-hydrogen) atoms. The molecule has 0 radical (unpaired) electrons. The molecule has 0 bridgehead atoms. The second-order valence-corrected chi connectivity index (χ2v) is 6.77. The summed E-state index contributed by atoms with van der Waals surface area (Å²) in [6.45, 7) is 0.368. The van der Waals surface area contributed by atoms with E-state index in [4.69, 9.17) is 0 Å². The largest absolute Gasteiger partial charge is 0.316 e. The number of hydrogen-bond donors (Lipinski definition) is 3. The zero-order valence-electron chi connectivity index (χ0n) is 10.4. The van der Waals surface area contributed by atoms with E-state index in [1.165, 1.54) is 24.4 Å². The number of nitrogens with one attached hydrogen (secondary N) is 3. The molecule has 2 rings (SSSR count). The standard InChI is InChI=1S/C11H12FIN4O2S/c1-14-5-7-6-15-16-11(7)20(18,19)17-10-3-2-8(12)4-9(10)13/h2-4,6,14,17H,5H2,1H3,(H,15,16). The third-order valence-electron chi connectivity index (χ3n) is 2.49. The monoisotopic (exact) mass is 410 g/mol. The lowest BCUT2D eigenvalue weighted by molar-refractivity contribution is 0.594. The highest BCUT2D eigenvalue weighted by Crippen LogP contribution is 2.23. The Balaban J connectivity index is 2.33. The van der Waals surface area contributed by atoms with Gasteiger partial charge in [-0.3, -0.25) is 9.82 Å². The summed E-state index contributed by atoms with van der Waals surface area (Å²) in [5.74, 6) is -0.422. The van der Waals surface area contributed by atoms with Gasteiger partial charge in [-0.1, -0.05) is 0 Å². The Labute approximate surface area is 129 Å². The molecule has 0 saturated carbocycles. The van der Waals surface area contributed by atoms with Crippen molar-refractivity contribution in [1.82, 2.24) is 15.5 Å². The van der Waals surface area contributed by atoms with E-state index < -0.39 is 15.8 Å². The number of aromatic nitrogens is 2. The number of H-pyrrole nitrogens is 1.